The second-order valence-electron chi connectivity index (χ2n) is 7.97. The van der Waals surface area contributed by atoms with Gasteiger partial charge in [0.1, 0.15) is 6.61 Å². The second-order valence-corrected chi connectivity index (χ2v) is 10.3. The van der Waals surface area contributed by atoms with Crippen LogP contribution in [0.5, 0.6) is 11.5 Å². The highest BCUT2D eigenvalue weighted by Crippen LogP contribution is 2.39. The first-order valence-corrected chi connectivity index (χ1v) is 13.7. The summed E-state index contributed by atoms with van der Waals surface area (Å²) in [4.78, 5) is 20.3. The van der Waals surface area contributed by atoms with Crippen molar-refractivity contribution < 1.29 is 14.3 Å². The Morgan fingerprint density at radius 3 is 2.44 bits per heavy atom. The van der Waals surface area contributed by atoms with Crippen LogP contribution in [0.3, 0.4) is 0 Å². The van der Waals surface area contributed by atoms with Crippen LogP contribution in [0, 0.1) is 0 Å². The number of halogens is 2. The number of ether oxygens (including phenoxy) is 2. The smallest absolute Gasteiger partial charge is 0.266 e. The van der Waals surface area contributed by atoms with E-state index in [4.69, 9.17) is 26.1 Å². The number of carbonyl (C=O) groups is 1. The SMILES string of the molecule is CCCN1C(=O)/C(=C/c2cc(OCC)c(OCc3ccccc3)cc2Br)SC1=Nc1ccc(Cl)cc1. The van der Waals surface area contributed by atoms with Crippen molar-refractivity contribution in [2.75, 3.05) is 13.2 Å². The lowest BCUT2D eigenvalue weighted by Crippen LogP contribution is -2.29. The van der Waals surface area contributed by atoms with Crippen LogP contribution < -0.4 is 9.47 Å². The van der Waals surface area contributed by atoms with Gasteiger partial charge in [0.15, 0.2) is 16.7 Å². The molecule has 1 aliphatic rings. The van der Waals surface area contributed by atoms with Gasteiger partial charge in [-0.3, -0.25) is 9.69 Å². The Morgan fingerprint density at radius 1 is 1.03 bits per heavy atom. The van der Waals surface area contributed by atoms with Gasteiger partial charge in [-0.05, 0) is 78.7 Å². The summed E-state index contributed by atoms with van der Waals surface area (Å²) in [7, 11) is 0. The zero-order valence-corrected chi connectivity index (χ0v) is 23.2. The maximum Gasteiger partial charge on any atom is 0.266 e. The Hall–Kier alpha value is -2.74. The van der Waals surface area contributed by atoms with Gasteiger partial charge in [0, 0.05) is 16.0 Å². The molecular formula is C28H26BrClN2O3S. The normalized spacial score (nSPS) is 15.7. The van der Waals surface area contributed by atoms with E-state index in [1.807, 2.05) is 74.5 Å². The summed E-state index contributed by atoms with van der Waals surface area (Å²) in [6.07, 6.45) is 2.69. The Balaban J connectivity index is 1.62. The molecule has 1 saturated heterocycles. The monoisotopic (exact) mass is 584 g/mol. The highest BCUT2D eigenvalue weighted by Gasteiger charge is 2.33. The third-order valence-electron chi connectivity index (χ3n) is 5.27. The lowest BCUT2D eigenvalue weighted by Gasteiger charge is -2.14. The van der Waals surface area contributed by atoms with Crippen molar-refractivity contribution in [1.82, 2.24) is 4.90 Å². The molecule has 0 aromatic heterocycles. The summed E-state index contributed by atoms with van der Waals surface area (Å²) < 4.78 is 12.7. The predicted molar refractivity (Wildman–Crippen MR) is 152 cm³/mol. The number of thioether (sulfide) groups is 1. The quantitative estimate of drug-likeness (QED) is 0.238. The van der Waals surface area contributed by atoms with Crippen LogP contribution in [0.2, 0.25) is 5.02 Å². The standard InChI is InChI=1S/C28H26BrClN2O3S/c1-3-14-32-27(33)26(36-28(32)31-22-12-10-21(30)11-13-22)16-20-15-24(34-4-2)25(17-23(20)29)35-18-19-8-6-5-7-9-19/h5-13,15-17H,3-4,14,18H2,1-2H3/b26-16-,31-28?. The Morgan fingerprint density at radius 2 is 1.75 bits per heavy atom. The molecule has 0 N–H and O–H groups in total. The van der Waals surface area contributed by atoms with Gasteiger partial charge >= 0.3 is 0 Å². The molecule has 0 unspecified atom stereocenters. The van der Waals surface area contributed by atoms with Crippen LogP contribution in [-0.2, 0) is 11.4 Å². The molecule has 36 heavy (non-hydrogen) atoms. The van der Waals surface area contributed by atoms with Crippen molar-refractivity contribution in [2.45, 2.75) is 26.9 Å². The Bertz CT molecular complexity index is 1280. The highest BCUT2D eigenvalue weighted by molar-refractivity contribution is 9.10. The minimum Gasteiger partial charge on any atom is -0.490 e. The van der Waals surface area contributed by atoms with Gasteiger partial charge in [-0.2, -0.15) is 0 Å². The van der Waals surface area contributed by atoms with E-state index in [9.17, 15) is 4.79 Å². The number of rotatable bonds is 9. The first-order chi connectivity index (χ1) is 17.5. The van der Waals surface area contributed by atoms with Crippen molar-refractivity contribution in [2.24, 2.45) is 4.99 Å². The molecule has 3 aromatic carbocycles. The second kappa shape index (κ2) is 12.5. The number of amides is 1. The Kier molecular flexibility index (Phi) is 9.13. The van der Waals surface area contributed by atoms with E-state index in [1.165, 1.54) is 11.8 Å². The highest BCUT2D eigenvalue weighted by atomic mass is 79.9. The number of nitrogens with zero attached hydrogens (tertiary/aromatic N) is 2. The number of carbonyl (C=O) groups excluding carboxylic acids is 1. The number of hydrogen-bond acceptors (Lipinski definition) is 5. The molecule has 1 heterocycles. The van der Waals surface area contributed by atoms with E-state index in [2.05, 4.69) is 15.9 Å². The number of aliphatic imine (C=N–C) groups is 1. The topological polar surface area (TPSA) is 51.1 Å². The first-order valence-electron chi connectivity index (χ1n) is 11.7. The van der Waals surface area contributed by atoms with E-state index < -0.39 is 0 Å². The van der Waals surface area contributed by atoms with E-state index >= 15 is 0 Å². The molecule has 0 bridgehead atoms. The fraction of sp³-hybridized carbons (Fsp3) is 0.214. The van der Waals surface area contributed by atoms with Gasteiger partial charge in [-0.15, -0.1) is 0 Å². The molecule has 186 valence electrons. The van der Waals surface area contributed by atoms with Crippen LogP contribution in [-0.4, -0.2) is 29.1 Å². The fourth-order valence-corrected chi connectivity index (χ4v) is 5.14. The van der Waals surface area contributed by atoms with Gasteiger partial charge in [-0.1, -0.05) is 64.8 Å². The lowest BCUT2D eigenvalue weighted by molar-refractivity contribution is -0.122. The average molecular weight is 586 g/mol. The molecule has 1 amide bonds. The van der Waals surface area contributed by atoms with Gasteiger partial charge in [0.25, 0.3) is 5.91 Å². The number of hydrogen-bond donors (Lipinski definition) is 0. The third-order valence-corrected chi connectivity index (χ3v) is 7.22. The van der Waals surface area contributed by atoms with Crippen molar-refractivity contribution in [3.05, 3.63) is 92.3 Å². The fourth-order valence-electron chi connectivity index (χ4n) is 3.56. The predicted octanol–water partition coefficient (Wildman–Crippen LogP) is 8.09. The van der Waals surface area contributed by atoms with E-state index in [0.29, 0.717) is 46.4 Å². The van der Waals surface area contributed by atoms with Gasteiger partial charge in [0.05, 0.1) is 17.2 Å². The number of benzene rings is 3. The summed E-state index contributed by atoms with van der Waals surface area (Å²) in [5.74, 6) is 1.20. The molecular weight excluding hydrogens is 560 g/mol. The van der Waals surface area contributed by atoms with E-state index in [0.717, 1.165) is 27.7 Å². The van der Waals surface area contributed by atoms with Crippen molar-refractivity contribution >= 4 is 62.1 Å². The zero-order valence-electron chi connectivity index (χ0n) is 20.0. The van der Waals surface area contributed by atoms with Crippen LogP contribution in [0.25, 0.3) is 6.08 Å². The first kappa shape index (κ1) is 26.3. The van der Waals surface area contributed by atoms with E-state index in [-0.39, 0.29) is 5.91 Å². The molecule has 0 spiro atoms. The molecule has 8 heteroatoms. The third kappa shape index (κ3) is 6.52. The molecule has 5 nitrogen and oxygen atoms in total. The minimum absolute atomic E-state index is 0.0659. The molecule has 0 aliphatic carbocycles. The van der Waals surface area contributed by atoms with Crippen LogP contribution in [0.1, 0.15) is 31.4 Å². The van der Waals surface area contributed by atoms with Crippen molar-refractivity contribution in [3.8, 4) is 11.5 Å². The van der Waals surface area contributed by atoms with E-state index in [1.54, 1.807) is 17.0 Å². The summed E-state index contributed by atoms with van der Waals surface area (Å²) in [6.45, 7) is 5.49. The summed E-state index contributed by atoms with van der Waals surface area (Å²) >= 11 is 11.0. The summed E-state index contributed by atoms with van der Waals surface area (Å²) in [5, 5.41) is 1.30. The van der Waals surface area contributed by atoms with Gasteiger partial charge < -0.3 is 9.47 Å². The molecule has 0 radical (unpaired) electrons. The van der Waals surface area contributed by atoms with Crippen molar-refractivity contribution in [3.63, 3.8) is 0 Å². The number of amidine groups is 1. The summed E-state index contributed by atoms with van der Waals surface area (Å²) in [5.41, 5.74) is 2.64. The van der Waals surface area contributed by atoms with Crippen molar-refractivity contribution in [1.29, 1.82) is 0 Å². The molecule has 1 aliphatic heterocycles. The average Bonchev–Trinajstić information content (AvgIpc) is 3.16. The van der Waals surface area contributed by atoms with Crippen LogP contribution in [0.15, 0.2) is 81.1 Å². The maximum atomic E-state index is 13.3. The van der Waals surface area contributed by atoms with Crippen LogP contribution in [0.4, 0.5) is 5.69 Å². The minimum atomic E-state index is -0.0659. The summed E-state index contributed by atoms with van der Waals surface area (Å²) in [6, 6.07) is 21.0. The Labute approximate surface area is 229 Å². The lowest BCUT2D eigenvalue weighted by atomic mass is 10.1. The zero-order chi connectivity index (χ0) is 25.5. The van der Waals surface area contributed by atoms with Gasteiger partial charge in [0.2, 0.25) is 0 Å². The molecule has 0 atom stereocenters. The molecule has 3 aromatic rings. The maximum absolute atomic E-state index is 13.3. The molecule has 0 saturated carbocycles. The molecule has 4 rings (SSSR count). The largest absolute Gasteiger partial charge is 0.490 e. The van der Waals surface area contributed by atoms with Gasteiger partial charge in [-0.25, -0.2) is 4.99 Å². The molecule has 1 fully saturated rings. The van der Waals surface area contributed by atoms with Crippen LogP contribution >= 0.6 is 39.3 Å².